The summed E-state index contributed by atoms with van der Waals surface area (Å²) in [5.41, 5.74) is 0.0566. The molecule has 1 aliphatic rings. The lowest BCUT2D eigenvalue weighted by atomic mass is 9.99. The molecule has 18 heavy (non-hydrogen) atoms. The van der Waals surface area contributed by atoms with Gasteiger partial charge < -0.3 is 14.7 Å². The van der Waals surface area contributed by atoms with Crippen molar-refractivity contribution in [3.8, 4) is 5.88 Å². The van der Waals surface area contributed by atoms with Crippen LogP contribution in [0, 0.1) is 5.92 Å². The fourth-order valence-electron chi connectivity index (χ4n) is 2.07. The van der Waals surface area contributed by atoms with E-state index in [9.17, 15) is 4.79 Å². The summed E-state index contributed by atoms with van der Waals surface area (Å²) in [6.45, 7) is 4.00. The van der Waals surface area contributed by atoms with E-state index >= 15 is 0 Å². The summed E-state index contributed by atoms with van der Waals surface area (Å²) < 4.78 is 4.89. The van der Waals surface area contributed by atoms with Gasteiger partial charge in [-0.1, -0.05) is 6.92 Å². The van der Waals surface area contributed by atoms with Gasteiger partial charge in [-0.15, -0.1) is 10.2 Å². The van der Waals surface area contributed by atoms with Crippen molar-refractivity contribution in [1.82, 2.24) is 10.2 Å². The number of hydrogen-bond donors (Lipinski definition) is 1. The zero-order valence-electron chi connectivity index (χ0n) is 10.6. The molecule has 1 N–H and O–H groups in total. The van der Waals surface area contributed by atoms with Crippen LogP contribution in [-0.4, -0.2) is 41.5 Å². The number of methoxy groups -OCH3 is 1. The number of aromatic carboxylic acids is 1. The first-order valence-corrected chi connectivity index (χ1v) is 6.01. The Labute approximate surface area is 106 Å². The van der Waals surface area contributed by atoms with Gasteiger partial charge in [0.05, 0.1) is 7.11 Å². The van der Waals surface area contributed by atoms with Crippen LogP contribution in [0.25, 0.3) is 0 Å². The predicted octanol–water partition coefficient (Wildman–Crippen LogP) is 1.42. The summed E-state index contributed by atoms with van der Waals surface area (Å²) in [5.74, 6) is 0.330. The summed E-state index contributed by atoms with van der Waals surface area (Å²) in [4.78, 5) is 13.2. The normalized spacial score (nSPS) is 16.7. The molecule has 2 heterocycles. The summed E-state index contributed by atoms with van der Waals surface area (Å²) in [5, 5.41) is 16.9. The molecule has 98 valence electrons. The molecular formula is C12H17N3O3. The maximum atomic E-state index is 11.1. The third-order valence-corrected chi connectivity index (χ3v) is 3.28. The number of piperidine rings is 1. The largest absolute Gasteiger partial charge is 0.479 e. The molecule has 1 fully saturated rings. The van der Waals surface area contributed by atoms with Gasteiger partial charge in [-0.05, 0) is 18.8 Å². The molecule has 0 amide bonds. The van der Waals surface area contributed by atoms with E-state index in [1.165, 1.54) is 13.2 Å². The van der Waals surface area contributed by atoms with Crippen LogP contribution >= 0.6 is 0 Å². The van der Waals surface area contributed by atoms with E-state index in [4.69, 9.17) is 9.84 Å². The fraction of sp³-hybridized carbons (Fsp3) is 0.583. The van der Waals surface area contributed by atoms with Gasteiger partial charge >= 0.3 is 5.97 Å². The van der Waals surface area contributed by atoms with Crippen molar-refractivity contribution in [3.63, 3.8) is 0 Å². The van der Waals surface area contributed by atoms with Crippen LogP contribution < -0.4 is 9.64 Å². The van der Waals surface area contributed by atoms with Crippen molar-refractivity contribution in [2.24, 2.45) is 5.92 Å². The van der Waals surface area contributed by atoms with Gasteiger partial charge in [0.25, 0.3) is 0 Å². The highest BCUT2D eigenvalue weighted by molar-refractivity contribution is 5.90. The maximum Gasteiger partial charge on any atom is 0.341 e. The molecule has 0 spiro atoms. The first kappa shape index (κ1) is 12.6. The highest BCUT2D eigenvalue weighted by atomic mass is 16.5. The average molecular weight is 251 g/mol. The van der Waals surface area contributed by atoms with Crippen molar-refractivity contribution >= 4 is 11.8 Å². The quantitative estimate of drug-likeness (QED) is 0.875. The van der Waals surface area contributed by atoms with E-state index in [-0.39, 0.29) is 11.4 Å². The van der Waals surface area contributed by atoms with Gasteiger partial charge in [0.15, 0.2) is 5.82 Å². The summed E-state index contributed by atoms with van der Waals surface area (Å²) in [7, 11) is 1.39. The SMILES string of the molecule is COc1nnc(N2CCC(C)CC2)cc1C(=O)O. The molecule has 0 aromatic carbocycles. The predicted molar refractivity (Wildman–Crippen MR) is 66.2 cm³/mol. The second-order valence-corrected chi connectivity index (χ2v) is 4.60. The maximum absolute atomic E-state index is 11.1. The molecule has 0 bridgehead atoms. The minimum Gasteiger partial charge on any atom is -0.479 e. The third kappa shape index (κ3) is 2.52. The average Bonchev–Trinajstić information content (AvgIpc) is 2.39. The molecule has 1 aromatic rings. The number of hydrogen-bond acceptors (Lipinski definition) is 5. The number of rotatable bonds is 3. The molecule has 0 atom stereocenters. The highest BCUT2D eigenvalue weighted by Gasteiger charge is 2.21. The number of carbonyl (C=O) groups is 1. The van der Waals surface area contributed by atoms with Crippen LogP contribution in [0.2, 0.25) is 0 Å². The lowest BCUT2D eigenvalue weighted by Crippen LogP contribution is -2.33. The molecule has 2 rings (SSSR count). The number of carboxylic acids is 1. The first-order valence-electron chi connectivity index (χ1n) is 6.01. The Balaban J connectivity index is 2.24. The van der Waals surface area contributed by atoms with E-state index in [0.29, 0.717) is 11.7 Å². The van der Waals surface area contributed by atoms with Crippen LogP contribution in [0.5, 0.6) is 5.88 Å². The first-order chi connectivity index (χ1) is 8.61. The Kier molecular flexibility index (Phi) is 3.64. The number of aromatic nitrogens is 2. The standard InChI is InChI=1S/C12H17N3O3/c1-8-3-5-15(6-4-8)10-7-9(12(16)17)11(18-2)14-13-10/h7-8H,3-6H2,1-2H3,(H,16,17). The number of carboxylic acid groups (broad SMARTS) is 1. The molecule has 0 saturated carbocycles. The molecule has 0 aliphatic carbocycles. The van der Waals surface area contributed by atoms with Crippen molar-refractivity contribution in [1.29, 1.82) is 0 Å². The summed E-state index contributed by atoms with van der Waals surface area (Å²) >= 11 is 0. The van der Waals surface area contributed by atoms with Gasteiger partial charge in [-0.25, -0.2) is 4.79 Å². The molecule has 6 heteroatoms. The fourth-order valence-corrected chi connectivity index (χ4v) is 2.07. The van der Waals surface area contributed by atoms with E-state index in [0.717, 1.165) is 25.9 Å². The molecule has 0 unspecified atom stereocenters. The van der Waals surface area contributed by atoms with Crippen molar-refractivity contribution in [2.45, 2.75) is 19.8 Å². The zero-order valence-corrected chi connectivity index (χ0v) is 10.6. The lowest BCUT2D eigenvalue weighted by Gasteiger charge is -2.30. The van der Waals surface area contributed by atoms with Gasteiger partial charge in [0.2, 0.25) is 5.88 Å². The molecule has 1 aliphatic heterocycles. The van der Waals surface area contributed by atoms with E-state index in [2.05, 4.69) is 22.0 Å². The van der Waals surface area contributed by atoms with Crippen LogP contribution in [-0.2, 0) is 0 Å². The van der Waals surface area contributed by atoms with Gasteiger partial charge in [-0.2, -0.15) is 0 Å². The Bertz CT molecular complexity index is 442. The smallest absolute Gasteiger partial charge is 0.341 e. The number of ether oxygens (including phenoxy) is 1. The van der Waals surface area contributed by atoms with Crippen molar-refractivity contribution in [2.75, 3.05) is 25.1 Å². The van der Waals surface area contributed by atoms with Crippen LogP contribution in [0.1, 0.15) is 30.1 Å². The van der Waals surface area contributed by atoms with Crippen LogP contribution in [0.3, 0.4) is 0 Å². The minimum atomic E-state index is -1.05. The molecular weight excluding hydrogens is 234 g/mol. The number of nitrogens with zero attached hydrogens (tertiary/aromatic N) is 3. The Morgan fingerprint density at radius 2 is 2.11 bits per heavy atom. The Hall–Kier alpha value is -1.85. The third-order valence-electron chi connectivity index (χ3n) is 3.28. The van der Waals surface area contributed by atoms with E-state index in [1.54, 1.807) is 0 Å². The molecule has 6 nitrogen and oxygen atoms in total. The van der Waals surface area contributed by atoms with Gasteiger partial charge in [0, 0.05) is 19.2 Å². The topological polar surface area (TPSA) is 75.6 Å². The zero-order chi connectivity index (χ0) is 13.1. The van der Waals surface area contributed by atoms with Gasteiger partial charge in [0.1, 0.15) is 5.56 Å². The highest BCUT2D eigenvalue weighted by Crippen LogP contribution is 2.24. The minimum absolute atomic E-state index is 0.0524. The molecule has 0 radical (unpaired) electrons. The summed E-state index contributed by atoms with van der Waals surface area (Å²) in [6, 6.07) is 1.53. The monoisotopic (exact) mass is 251 g/mol. The lowest BCUT2D eigenvalue weighted by molar-refractivity contribution is 0.0692. The van der Waals surface area contributed by atoms with Crippen LogP contribution in [0.4, 0.5) is 5.82 Å². The van der Waals surface area contributed by atoms with E-state index in [1.807, 2.05) is 0 Å². The molecule has 1 saturated heterocycles. The van der Waals surface area contributed by atoms with Crippen molar-refractivity contribution < 1.29 is 14.6 Å². The van der Waals surface area contributed by atoms with Crippen LogP contribution in [0.15, 0.2) is 6.07 Å². The van der Waals surface area contributed by atoms with Crippen molar-refractivity contribution in [3.05, 3.63) is 11.6 Å². The Morgan fingerprint density at radius 1 is 1.44 bits per heavy atom. The number of anilines is 1. The second-order valence-electron chi connectivity index (χ2n) is 4.60. The summed E-state index contributed by atoms with van der Waals surface area (Å²) in [6.07, 6.45) is 2.19. The Morgan fingerprint density at radius 3 is 2.67 bits per heavy atom. The molecule has 1 aromatic heterocycles. The van der Waals surface area contributed by atoms with Gasteiger partial charge in [-0.3, -0.25) is 0 Å². The second kappa shape index (κ2) is 5.20. The van der Waals surface area contributed by atoms with E-state index < -0.39 is 5.97 Å².